The van der Waals surface area contributed by atoms with Gasteiger partial charge in [-0.25, -0.2) is 15.8 Å². The number of hydrogen-bond acceptors (Lipinski definition) is 5. The summed E-state index contributed by atoms with van der Waals surface area (Å²) in [6.07, 6.45) is 1.48. The van der Waals surface area contributed by atoms with Crippen LogP contribution in [0.15, 0.2) is 24.5 Å². The average Bonchev–Trinajstić information content (AvgIpc) is 2.43. The second-order valence-electron chi connectivity index (χ2n) is 4.82. The van der Waals surface area contributed by atoms with Crippen molar-refractivity contribution in [1.82, 2.24) is 9.97 Å². The minimum Gasteiger partial charge on any atom is -0.340 e. The van der Waals surface area contributed by atoms with Crippen molar-refractivity contribution in [3.8, 4) is 0 Å². The number of nitrogens with two attached hydrogens (primary N) is 1. The van der Waals surface area contributed by atoms with E-state index in [0.717, 1.165) is 22.6 Å². The van der Waals surface area contributed by atoms with Gasteiger partial charge >= 0.3 is 0 Å². The maximum atomic E-state index is 6.14. The van der Waals surface area contributed by atoms with E-state index in [1.807, 2.05) is 25.1 Å². The first kappa shape index (κ1) is 14.6. The first-order valence-electron chi connectivity index (χ1n) is 6.38. The molecule has 2 aromatic rings. The molecule has 5 nitrogen and oxygen atoms in total. The number of halogens is 1. The van der Waals surface area contributed by atoms with Crippen molar-refractivity contribution in [1.29, 1.82) is 0 Å². The lowest BCUT2D eigenvalue weighted by atomic mass is 10.0. The number of nitrogen functional groups attached to an aromatic ring is 1. The van der Waals surface area contributed by atoms with Crippen LogP contribution in [-0.4, -0.2) is 9.97 Å². The van der Waals surface area contributed by atoms with Crippen LogP contribution in [0, 0.1) is 6.92 Å². The Kier molecular flexibility index (Phi) is 4.42. The lowest BCUT2D eigenvalue weighted by Crippen LogP contribution is -2.14. The van der Waals surface area contributed by atoms with Gasteiger partial charge in [0.15, 0.2) is 0 Å². The van der Waals surface area contributed by atoms with Crippen LogP contribution < -0.4 is 16.6 Å². The fraction of sp³-hybridized carbons (Fsp3) is 0.286. The quantitative estimate of drug-likeness (QED) is 0.593. The SMILES string of the molecule is Cc1c(Cl)cccc1Nc1ncnc(NN)c1C(C)C. The molecule has 2 rings (SSSR count). The van der Waals surface area contributed by atoms with E-state index < -0.39 is 0 Å². The molecule has 0 aliphatic heterocycles. The molecule has 6 heteroatoms. The molecule has 1 aromatic carbocycles. The highest BCUT2D eigenvalue weighted by molar-refractivity contribution is 6.31. The van der Waals surface area contributed by atoms with Gasteiger partial charge in [-0.1, -0.05) is 31.5 Å². The molecule has 0 aliphatic rings. The largest absolute Gasteiger partial charge is 0.340 e. The summed E-state index contributed by atoms with van der Waals surface area (Å²) in [5, 5.41) is 4.02. The van der Waals surface area contributed by atoms with Crippen molar-refractivity contribution < 1.29 is 0 Å². The Bertz CT molecular complexity index is 613. The normalized spacial score (nSPS) is 10.7. The van der Waals surface area contributed by atoms with Crippen LogP contribution in [0.2, 0.25) is 5.02 Å². The molecule has 0 fully saturated rings. The highest BCUT2D eigenvalue weighted by Gasteiger charge is 2.15. The van der Waals surface area contributed by atoms with Crippen LogP contribution in [-0.2, 0) is 0 Å². The van der Waals surface area contributed by atoms with Gasteiger partial charge in [-0.15, -0.1) is 0 Å². The molecule has 0 spiro atoms. The number of aromatic nitrogens is 2. The molecule has 0 unspecified atom stereocenters. The summed E-state index contributed by atoms with van der Waals surface area (Å²) >= 11 is 6.14. The number of nitrogens with one attached hydrogen (secondary N) is 2. The summed E-state index contributed by atoms with van der Waals surface area (Å²) in [5.74, 6) is 7.09. The van der Waals surface area contributed by atoms with E-state index in [0.29, 0.717) is 10.8 Å². The molecule has 0 radical (unpaired) electrons. The van der Waals surface area contributed by atoms with Crippen molar-refractivity contribution in [2.75, 3.05) is 10.7 Å². The molecule has 106 valence electrons. The van der Waals surface area contributed by atoms with Gasteiger partial charge in [0, 0.05) is 16.3 Å². The molecule has 1 heterocycles. The van der Waals surface area contributed by atoms with Gasteiger partial charge in [0.25, 0.3) is 0 Å². The van der Waals surface area contributed by atoms with E-state index in [1.54, 1.807) is 0 Å². The minimum atomic E-state index is 0.226. The zero-order chi connectivity index (χ0) is 14.7. The number of rotatable bonds is 4. The second kappa shape index (κ2) is 6.07. The Hall–Kier alpha value is -1.85. The third-order valence-electron chi connectivity index (χ3n) is 3.12. The van der Waals surface area contributed by atoms with Crippen LogP contribution in [0.1, 0.15) is 30.9 Å². The monoisotopic (exact) mass is 291 g/mol. The van der Waals surface area contributed by atoms with Crippen molar-refractivity contribution in [3.63, 3.8) is 0 Å². The van der Waals surface area contributed by atoms with Crippen molar-refractivity contribution in [2.24, 2.45) is 5.84 Å². The predicted octanol–water partition coefficient (Wildman–Crippen LogP) is 3.59. The number of hydrogen-bond donors (Lipinski definition) is 3. The lowest BCUT2D eigenvalue weighted by molar-refractivity contribution is 0.850. The number of benzene rings is 1. The molecule has 0 saturated carbocycles. The van der Waals surface area contributed by atoms with Crippen LogP contribution in [0.5, 0.6) is 0 Å². The molecular formula is C14H18ClN5. The highest BCUT2D eigenvalue weighted by atomic mass is 35.5. The van der Waals surface area contributed by atoms with Gasteiger partial charge in [-0.3, -0.25) is 0 Å². The molecule has 20 heavy (non-hydrogen) atoms. The minimum absolute atomic E-state index is 0.226. The molecule has 0 saturated heterocycles. The van der Waals surface area contributed by atoms with Crippen molar-refractivity contribution >= 4 is 28.9 Å². The standard InChI is InChI=1S/C14H18ClN5/c1-8(2)12-13(17-7-18-14(12)20-16)19-11-6-4-5-10(15)9(11)3/h4-8H,16H2,1-3H3,(H2,17,18,19,20). The fourth-order valence-electron chi connectivity index (χ4n) is 2.03. The molecule has 4 N–H and O–H groups in total. The zero-order valence-electron chi connectivity index (χ0n) is 11.7. The zero-order valence-corrected chi connectivity index (χ0v) is 12.5. The first-order chi connectivity index (χ1) is 9.54. The second-order valence-corrected chi connectivity index (χ2v) is 5.23. The number of nitrogens with zero attached hydrogens (tertiary/aromatic N) is 2. The topological polar surface area (TPSA) is 75.9 Å². The summed E-state index contributed by atoms with van der Waals surface area (Å²) in [5.41, 5.74) is 5.45. The summed E-state index contributed by atoms with van der Waals surface area (Å²) in [6, 6.07) is 5.72. The van der Waals surface area contributed by atoms with E-state index in [1.165, 1.54) is 6.33 Å². The van der Waals surface area contributed by atoms with E-state index in [2.05, 4.69) is 34.6 Å². The number of hydrazine groups is 1. The van der Waals surface area contributed by atoms with Gasteiger partial charge < -0.3 is 10.7 Å². The lowest BCUT2D eigenvalue weighted by Gasteiger charge is -2.17. The Morgan fingerprint density at radius 3 is 2.55 bits per heavy atom. The Labute approximate surface area is 123 Å². The predicted molar refractivity (Wildman–Crippen MR) is 83.4 cm³/mol. The van der Waals surface area contributed by atoms with E-state index in [-0.39, 0.29) is 5.92 Å². The maximum absolute atomic E-state index is 6.14. The summed E-state index contributed by atoms with van der Waals surface area (Å²) in [7, 11) is 0. The average molecular weight is 292 g/mol. The van der Waals surface area contributed by atoms with Gasteiger partial charge in [-0.2, -0.15) is 0 Å². The van der Waals surface area contributed by atoms with Gasteiger partial charge in [0.1, 0.15) is 18.0 Å². The fourth-order valence-corrected chi connectivity index (χ4v) is 2.20. The summed E-state index contributed by atoms with van der Waals surface area (Å²) < 4.78 is 0. The van der Waals surface area contributed by atoms with E-state index >= 15 is 0 Å². The molecule has 0 bridgehead atoms. The van der Waals surface area contributed by atoms with Crippen molar-refractivity contribution in [3.05, 3.63) is 40.7 Å². The number of anilines is 3. The van der Waals surface area contributed by atoms with E-state index in [9.17, 15) is 0 Å². The van der Waals surface area contributed by atoms with E-state index in [4.69, 9.17) is 17.4 Å². The highest BCUT2D eigenvalue weighted by Crippen LogP contribution is 2.32. The molecule has 0 amide bonds. The Balaban J connectivity index is 2.46. The Morgan fingerprint density at radius 2 is 1.90 bits per heavy atom. The Morgan fingerprint density at radius 1 is 1.20 bits per heavy atom. The third-order valence-corrected chi connectivity index (χ3v) is 3.53. The summed E-state index contributed by atoms with van der Waals surface area (Å²) in [4.78, 5) is 8.46. The smallest absolute Gasteiger partial charge is 0.148 e. The van der Waals surface area contributed by atoms with Gasteiger partial charge in [0.05, 0.1) is 0 Å². The van der Waals surface area contributed by atoms with Gasteiger partial charge in [0.2, 0.25) is 0 Å². The van der Waals surface area contributed by atoms with Crippen LogP contribution in [0.4, 0.5) is 17.3 Å². The maximum Gasteiger partial charge on any atom is 0.148 e. The van der Waals surface area contributed by atoms with Crippen LogP contribution in [0.25, 0.3) is 0 Å². The first-order valence-corrected chi connectivity index (χ1v) is 6.76. The molecule has 0 aliphatic carbocycles. The molecular weight excluding hydrogens is 274 g/mol. The molecule has 1 aromatic heterocycles. The van der Waals surface area contributed by atoms with Crippen molar-refractivity contribution in [2.45, 2.75) is 26.7 Å². The van der Waals surface area contributed by atoms with Crippen LogP contribution in [0.3, 0.4) is 0 Å². The summed E-state index contributed by atoms with van der Waals surface area (Å²) in [6.45, 7) is 6.09. The molecule has 0 atom stereocenters. The van der Waals surface area contributed by atoms with Crippen LogP contribution >= 0.6 is 11.6 Å². The third kappa shape index (κ3) is 2.84. The van der Waals surface area contributed by atoms with Gasteiger partial charge in [-0.05, 0) is 30.5 Å².